The number of aromatic carboxylic acids is 1. The smallest absolute Gasteiger partial charge is 0.356 e. The zero-order valence-corrected chi connectivity index (χ0v) is 9.32. The van der Waals surface area contributed by atoms with Gasteiger partial charge < -0.3 is 5.11 Å². The van der Waals surface area contributed by atoms with Crippen LogP contribution in [-0.2, 0) is 7.05 Å². The van der Waals surface area contributed by atoms with Crippen LogP contribution in [0.4, 0.5) is 0 Å². The molecular weight excluding hydrogens is 192 g/mol. The second kappa shape index (κ2) is 3.36. The largest absolute Gasteiger partial charge is 0.476 e. The van der Waals surface area contributed by atoms with Crippen molar-refractivity contribution in [2.45, 2.75) is 38.5 Å². The number of rotatable bonds is 3. The van der Waals surface area contributed by atoms with Gasteiger partial charge in [-0.05, 0) is 18.8 Å². The zero-order valence-electron chi connectivity index (χ0n) is 9.32. The third kappa shape index (κ3) is 1.64. The van der Waals surface area contributed by atoms with Gasteiger partial charge in [0.25, 0.3) is 0 Å². The molecule has 1 aromatic rings. The Bertz CT molecular complexity index is 403. The van der Waals surface area contributed by atoms with Crippen molar-refractivity contribution in [2.24, 2.45) is 7.05 Å². The maximum atomic E-state index is 11.1. The van der Waals surface area contributed by atoms with Gasteiger partial charge in [0.1, 0.15) is 0 Å². The van der Waals surface area contributed by atoms with E-state index in [9.17, 15) is 4.79 Å². The third-order valence-corrected chi connectivity index (χ3v) is 2.87. The molecule has 1 saturated carbocycles. The Kier molecular flexibility index (Phi) is 2.29. The molecule has 0 unspecified atom stereocenters. The third-order valence-electron chi connectivity index (χ3n) is 2.87. The molecule has 82 valence electrons. The molecule has 0 amide bonds. The summed E-state index contributed by atoms with van der Waals surface area (Å²) in [7, 11) is 1.84. The molecule has 1 aromatic heterocycles. The van der Waals surface area contributed by atoms with Gasteiger partial charge in [-0.15, -0.1) is 0 Å². The fourth-order valence-electron chi connectivity index (χ4n) is 2.12. The normalized spacial score (nSPS) is 16.0. The molecule has 0 saturated heterocycles. The fourth-order valence-corrected chi connectivity index (χ4v) is 2.12. The van der Waals surface area contributed by atoms with E-state index in [0.717, 1.165) is 24.1 Å². The molecule has 4 heteroatoms. The highest BCUT2D eigenvalue weighted by Gasteiger charge is 2.33. The topological polar surface area (TPSA) is 55.1 Å². The average Bonchev–Trinajstić information content (AvgIpc) is 2.89. The quantitative estimate of drug-likeness (QED) is 0.827. The Hall–Kier alpha value is -1.32. The average molecular weight is 208 g/mol. The minimum atomic E-state index is -0.916. The van der Waals surface area contributed by atoms with Crippen LogP contribution in [0.3, 0.4) is 0 Å². The summed E-state index contributed by atoms with van der Waals surface area (Å²) in [6, 6.07) is 0. The molecule has 0 atom stereocenters. The van der Waals surface area contributed by atoms with Crippen molar-refractivity contribution in [2.75, 3.05) is 0 Å². The van der Waals surface area contributed by atoms with Crippen LogP contribution in [0.5, 0.6) is 0 Å². The number of aromatic nitrogens is 2. The van der Waals surface area contributed by atoms with Crippen molar-refractivity contribution in [1.82, 2.24) is 9.78 Å². The van der Waals surface area contributed by atoms with Gasteiger partial charge in [-0.1, -0.05) is 13.8 Å². The van der Waals surface area contributed by atoms with Gasteiger partial charge in [-0.25, -0.2) is 4.79 Å². The van der Waals surface area contributed by atoms with E-state index in [1.807, 2.05) is 20.9 Å². The van der Waals surface area contributed by atoms with E-state index in [0.29, 0.717) is 5.92 Å². The van der Waals surface area contributed by atoms with E-state index in [1.54, 1.807) is 4.68 Å². The number of carboxylic acid groups (broad SMARTS) is 1. The molecule has 1 aliphatic rings. The Morgan fingerprint density at radius 2 is 2.13 bits per heavy atom. The van der Waals surface area contributed by atoms with Crippen LogP contribution in [0.15, 0.2) is 0 Å². The van der Waals surface area contributed by atoms with Crippen molar-refractivity contribution < 1.29 is 9.90 Å². The summed E-state index contributed by atoms with van der Waals surface area (Å²) in [6.45, 7) is 4.05. The second-order valence-corrected chi connectivity index (χ2v) is 4.51. The first-order valence-corrected chi connectivity index (χ1v) is 5.32. The monoisotopic (exact) mass is 208 g/mol. The van der Waals surface area contributed by atoms with Crippen LogP contribution >= 0.6 is 0 Å². The van der Waals surface area contributed by atoms with Crippen LogP contribution in [0.2, 0.25) is 0 Å². The van der Waals surface area contributed by atoms with Crippen molar-refractivity contribution in [3.8, 4) is 0 Å². The molecule has 1 fully saturated rings. The molecule has 0 radical (unpaired) electrons. The van der Waals surface area contributed by atoms with Crippen LogP contribution in [-0.4, -0.2) is 20.9 Å². The van der Waals surface area contributed by atoms with E-state index in [1.165, 1.54) is 0 Å². The molecule has 0 spiro atoms. The van der Waals surface area contributed by atoms with E-state index >= 15 is 0 Å². The zero-order chi connectivity index (χ0) is 11.2. The minimum absolute atomic E-state index is 0.223. The number of aryl methyl sites for hydroxylation is 1. The molecule has 0 aromatic carbocycles. The van der Waals surface area contributed by atoms with Crippen LogP contribution < -0.4 is 0 Å². The van der Waals surface area contributed by atoms with Crippen LogP contribution in [0.25, 0.3) is 0 Å². The van der Waals surface area contributed by atoms with Gasteiger partial charge >= 0.3 is 5.97 Å². The lowest BCUT2D eigenvalue weighted by Crippen LogP contribution is -2.03. The minimum Gasteiger partial charge on any atom is -0.476 e. The Balaban J connectivity index is 2.56. The highest BCUT2D eigenvalue weighted by molar-refractivity contribution is 5.87. The SMILES string of the molecule is CC(C)c1c(C(=O)O)nn(C)c1C1CC1. The predicted molar refractivity (Wildman–Crippen MR) is 56.2 cm³/mol. The first-order valence-electron chi connectivity index (χ1n) is 5.32. The van der Waals surface area contributed by atoms with Gasteiger partial charge in [0.15, 0.2) is 5.69 Å². The number of carbonyl (C=O) groups is 1. The maximum Gasteiger partial charge on any atom is 0.356 e. The summed E-state index contributed by atoms with van der Waals surface area (Å²) in [5.74, 6) is -0.158. The summed E-state index contributed by atoms with van der Waals surface area (Å²) in [4.78, 5) is 11.1. The summed E-state index contributed by atoms with van der Waals surface area (Å²) < 4.78 is 1.75. The van der Waals surface area contributed by atoms with Gasteiger partial charge in [0.2, 0.25) is 0 Å². The predicted octanol–water partition coefficient (Wildman–Crippen LogP) is 2.12. The van der Waals surface area contributed by atoms with Crippen molar-refractivity contribution in [1.29, 1.82) is 0 Å². The van der Waals surface area contributed by atoms with Crippen molar-refractivity contribution in [3.63, 3.8) is 0 Å². The molecule has 1 aliphatic carbocycles. The second-order valence-electron chi connectivity index (χ2n) is 4.51. The van der Waals surface area contributed by atoms with E-state index in [4.69, 9.17) is 5.11 Å². The van der Waals surface area contributed by atoms with E-state index in [-0.39, 0.29) is 11.6 Å². The molecular formula is C11H16N2O2. The first-order chi connectivity index (χ1) is 7.02. The maximum absolute atomic E-state index is 11.1. The number of carboxylic acids is 1. The van der Waals surface area contributed by atoms with Crippen LogP contribution in [0, 0.1) is 0 Å². The summed E-state index contributed by atoms with van der Waals surface area (Å²) in [6.07, 6.45) is 2.33. The van der Waals surface area contributed by atoms with Gasteiger partial charge in [0, 0.05) is 24.2 Å². The standard InChI is InChI=1S/C11H16N2O2/c1-6(2)8-9(11(14)15)12-13(3)10(8)7-4-5-7/h6-7H,4-5H2,1-3H3,(H,14,15). The lowest BCUT2D eigenvalue weighted by molar-refractivity contribution is 0.0688. The number of nitrogens with zero attached hydrogens (tertiary/aromatic N) is 2. The van der Waals surface area contributed by atoms with E-state index < -0.39 is 5.97 Å². The Labute approximate surface area is 88.9 Å². The summed E-state index contributed by atoms with van der Waals surface area (Å²) in [5, 5.41) is 13.2. The van der Waals surface area contributed by atoms with Gasteiger partial charge in [-0.3, -0.25) is 4.68 Å². The Morgan fingerprint density at radius 3 is 2.53 bits per heavy atom. The van der Waals surface area contributed by atoms with Gasteiger partial charge in [0.05, 0.1) is 0 Å². The number of hydrogen-bond donors (Lipinski definition) is 1. The molecule has 1 heterocycles. The van der Waals surface area contributed by atoms with Gasteiger partial charge in [-0.2, -0.15) is 5.10 Å². The molecule has 4 nitrogen and oxygen atoms in total. The van der Waals surface area contributed by atoms with Crippen molar-refractivity contribution >= 4 is 5.97 Å². The lowest BCUT2D eigenvalue weighted by Gasteiger charge is -2.07. The Morgan fingerprint density at radius 1 is 1.53 bits per heavy atom. The summed E-state index contributed by atoms with van der Waals surface area (Å²) in [5.41, 5.74) is 2.28. The molecule has 0 bridgehead atoms. The molecule has 15 heavy (non-hydrogen) atoms. The fraction of sp³-hybridized carbons (Fsp3) is 0.636. The lowest BCUT2D eigenvalue weighted by atomic mass is 9.98. The molecule has 1 N–H and O–H groups in total. The first kappa shape index (κ1) is 10.2. The molecule has 0 aliphatic heterocycles. The highest BCUT2D eigenvalue weighted by atomic mass is 16.4. The van der Waals surface area contributed by atoms with Crippen LogP contribution in [0.1, 0.15) is 60.3 Å². The van der Waals surface area contributed by atoms with E-state index in [2.05, 4.69) is 5.10 Å². The summed E-state index contributed by atoms with van der Waals surface area (Å²) >= 11 is 0. The van der Waals surface area contributed by atoms with Crippen molar-refractivity contribution in [3.05, 3.63) is 17.0 Å². The molecule has 2 rings (SSSR count). The number of hydrogen-bond acceptors (Lipinski definition) is 2. The highest BCUT2D eigenvalue weighted by Crippen LogP contribution is 2.43.